The van der Waals surface area contributed by atoms with Crippen LogP contribution in [0.25, 0.3) is 0 Å². The molecule has 1 aromatic carbocycles. The maximum absolute atomic E-state index is 5.77. The van der Waals surface area contributed by atoms with E-state index in [9.17, 15) is 0 Å². The molecule has 0 bridgehead atoms. The summed E-state index contributed by atoms with van der Waals surface area (Å²) in [6.07, 6.45) is 0.795. The van der Waals surface area contributed by atoms with Gasteiger partial charge in [-0.3, -0.25) is 0 Å². The second kappa shape index (κ2) is 3.00. The van der Waals surface area contributed by atoms with Crippen LogP contribution in [0.1, 0.15) is 11.1 Å². The minimum Gasteiger partial charge on any atom is -0.383 e. The minimum atomic E-state index is 0.563. The lowest BCUT2D eigenvalue weighted by atomic mass is 10.00. The van der Waals surface area contributed by atoms with Crippen LogP contribution in [0.2, 0.25) is 0 Å². The Morgan fingerprint density at radius 3 is 3.00 bits per heavy atom. The monoisotopic (exact) mass is 236 g/mol. The molecule has 0 aromatic heterocycles. The second-order valence-electron chi connectivity index (χ2n) is 3.04. The van der Waals surface area contributed by atoms with Crippen molar-refractivity contribution in [1.82, 2.24) is 0 Å². The molecule has 66 valence electrons. The minimum absolute atomic E-state index is 0.563. The Bertz CT molecular complexity index is 407. The number of nitrogens with two attached hydrogens (primary N) is 1. The van der Waals surface area contributed by atoms with Crippen molar-refractivity contribution in [3.8, 4) is 0 Å². The Morgan fingerprint density at radius 2 is 2.23 bits per heavy atom. The molecule has 0 amide bonds. The molecular formula is C10H9BrN2. The zero-order chi connectivity index (χ0) is 9.42. The van der Waals surface area contributed by atoms with Crippen molar-refractivity contribution < 1.29 is 0 Å². The van der Waals surface area contributed by atoms with Crippen molar-refractivity contribution in [2.45, 2.75) is 6.42 Å². The van der Waals surface area contributed by atoms with Crippen molar-refractivity contribution >= 4 is 21.8 Å². The largest absolute Gasteiger partial charge is 0.383 e. The van der Waals surface area contributed by atoms with E-state index in [-0.39, 0.29) is 0 Å². The average molecular weight is 237 g/mol. The smallest absolute Gasteiger partial charge is 0.131 e. The number of rotatable bonds is 0. The van der Waals surface area contributed by atoms with Crippen molar-refractivity contribution in [2.24, 2.45) is 10.7 Å². The number of nitrogens with zero attached hydrogens (tertiary/aromatic N) is 1. The Kier molecular flexibility index (Phi) is 1.96. The van der Waals surface area contributed by atoms with Crippen LogP contribution in [-0.4, -0.2) is 5.84 Å². The summed E-state index contributed by atoms with van der Waals surface area (Å²) in [6, 6.07) is 6.04. The fourth-order valence-corrected chi connectivity index (χ4v) is 1.79. The molecule has 0 saturated heterocycles. The van der Waals surface area contributed by atoms with Gasteiger partial charge in [0.1, 0.15) is 5.84 Å². The lowest BCUT2D eigenvalue weighted by Gasteiger charge is -2.15. The third kappa shape index (κ3) is 1.52. The first-order valence-electron chi connectivity index (χ1n) is 3.97. The molecule has 0 unspecified atom stereocenters. The highest BCUT2D eigenvalue weighted by Gasteiger charge is 2.13. The topological polar surface area (TPSA) is 38.4 Å². The van der Waals surface area contributed by atoms with Crippen molar-refractivity contribution in [2.75, 3.05) is 0 Å². The van der Waals surface area contributed by atoms with Crippen LogP contribution in [0, 0.1) is 0 Å². The van der Waals surface area contributed by atoms with E-state index in [1.165, 1.54) is 5.56 Å². The number of fused-ring (bicyclic) bond motifs is 1. The van der Waals surface area contributed by atoms with Gasteiger partial charge in [-0.2, -0.15) is 0 Å². The second-order valence-corrected chi connectivity index (χ2v) is 3.96. The molecular weight excluding hydrogens is 228 g/mol. The molecule has 1 aliphatic rings. The van der Waals surface area contributed by atoms with E-state index < -0.39 is 0 Å². The normalized spacial score (nSPS) is 15.2. The van der Waals surface area contributed by atoms with Crippen LogP contribution in [0.15, 0.2) is 39.9 Å². The number of allylic oxidation sites excluding steroid dienone is 1. The van der Waals surface area contributed by atoms with Crippen LogP contribution in [0.4, 0.5) is 0 Å². The molecule has 0 radical (unpaired) electrons. The molecule has 2 rings (SSSR count). The summed E-state index contributed by atoms with van der Waals surface area (Å²) < 4.78 is 1.02. The molecule has 2 nitrogen and oxygen atoms in total. The number of amidine groups is 1. The molecule has 1 heterocycles. The van der Waals surface area contributed by atoms with Crippen LogP contribution in [-0.2, 0) is 6.42 Å². The van der Waals surface area contributed by atoms with Gasteiger partial charge in [-0.1, -0.05) is 28.6 Å². The molecule has 3 heteroatoms. The molecule has 0 saturated carbocycles. The lowest BCUT2D eigenvalue weighted by Crippen LogP contribution is -2.19. The molecule has 0 atom stereocenters. The zero-order valence-corrected chi connectivity index (χ0v) is 8.63. The Hall–Kier alpha value is -1.09. The Labute approximate surface area is 85.3 Å². The summed E-state index contributed by atoms with van der Waals surface area (Å²) in [5, 5.41) is 0. The van der Waals surface area contributed by atoms with Gasteiger partial charge in [0.2, 0.25) is 0 Å². The van der Waals surface area contributed by atoms with E-state index in [0.717, 1.165) is 22.2 Å². The van der Waals surface area contributed by atoms with Gasteiger partial charge in [0.25, 0.3) is 0 Å². The van der Waals surface area contributed by atoms with Crippen molar-refractivity contribution in [3.63, 3.8) is 0 Å². The highest BCUT2D eigenvalue weighted by Crippen LogP contribution is 2.22. The summed E-state index contributed by atoms with van der Waals surface area (Å²) >= 11 is 3.40. The maximum Gasteiger partial charge on any atom is 0.131 e. The first-order valence-corrected chi connectivity index (χ1v) is 4.77. The third-order valence-corrected chi connectivity index (χ3v) is 2.51. The van der Waals surface area contributed by atoms with E-state index in [1.54, 1.807) is 0 Å². The molecule has 13 heavy (non-hydrogen) atoms. The van der Waals surface area contributed by atoms with Gasteiger partial charge in [0, 0.05) is 22.2 Å². The van der Waals surface area contributed by atoms with E-state index in [2.05, 4.69) is 27.5 Å². The molecule has 1 aliphatic heterocycles. The fraction of sp³-hybridized carbons (Fsp3) is 0.100. The van der Waals surface area contributed by atoms with Gasteiger partial charge in [-0.25, -0.2) is 4.99 Å². The van der Waals surface area contributed by atoms with Crippen LogP contribution in [0.5, 0.6) is 0 Å². The fourth-order valence-electron chi connectivity index (χ4n) is 1.43. The van der Waals surface area contributed by atoms with Crippen LogP contribution < -0.4 is 5.73 Å². The van der Waals surface area contributed by atoms with Crippen LogP contribution >= 0.6 is 15.9 Å². The molecule has 0 fully saturated rings. The van der Waals surface area contributed by atoms with Gasteiger partial charge in [0.15, 0.2) is 0 Å². The maximum atomic E-state index is 5.77. The van der Waals surface area contributed by atoms with Crippen molar-refractivity contribution in [3.05, 3.63) is 46.1 Å². The van der Waals surface area contributed by atoms with Crippen LogP contribution in [0.3, 0.4) is 0 Å². The van der Waals surface area contributed by atoms with E-state index in [4.69, 9.17) is 5.73 Å². The summed E-state index contributed by atoms with van der Waals surface area (Å²) in [5.74, 6) is 0.563. The van der Waals surface area contributed by atoms with E-state index in [1.807, 2.05) is 18.2 Å². The summed E-state index contributed by atoms with van der Waals surface area (Å²) in [5.41, 5.74) is 8.81. The number of hydrogen-bond acceptors (Lipinski definition) is 2. The number of halogens is 1. The zero-order valence-electron chi connectivity index (χ0n) is 7.05. The highest BCUT2D eigenvalue weighted by molar-refractivity contribution is 9.10. The SMILES string of the molecule is C=C1Cc2ccc(Br)cc2C(N)=N1. The summed E-state index contributed by atoms with van der Waals surface area (Å²) in [6.45, 7) is 3.81. The quantitative estimate of drug-likeness (QED) is 0.738. The first kappa shape index (κ1) is 8.51. The summed E-state index contributed by atoms with van der Waals surface area (Å²) in [7, 11) is 0. The Morgan fingerprint density at radius 1 is 1.46 bits per heavy atom. The number of benzene rings is 1. The van der Waals surface area contributed by atoms with Crippen molar-refractivity contribution in [1.29, 1.82) is 0 Å². The molecule has 1 aromatic rings. The van der Waals surface area contributed by atoms with E-state index in [0.29, 0.717) is 5.84 Å². The molecule has 0 spiro atoms. The summed E-state index contributed by atoms with van der Waals surface area (Å²) in [4.78, 5) is 4.14. The number of aliphatic imine (C=N–C) groups is 1. The lowest BCUT2D eigenvalue weighted by molar-refractivity contribution is 1.08. The van der Waals surface area contributed by atoms with Gasteiger partial charge in [0.05, 0.1) is 0 Å². The molecule has 2 N–H and O–H groups in total. The van der Waals surface area contributed by atoms with Gasteiger partial charge < -0.3 is 5.73 Å². The first-order chi connectivity index (χ1) is 6.16. The third-order valence-electron chi connectivity index (χ3n) is 2.02. The van der Waals surface area contributed by atoms with E-state index >= 15 is 0 Å². The predicted octanol–water partition coefficient (Wildman–Crippen LogP) is 2.22. The highest BCUT2D eigenvalue weighted by atomic mass is 79.9. The van der Waals surface area contributed by atoms with Gasteiger partial charge in [-0.15, -0.1) is 0 Å². The molecule has 0 aliphatic carbocycles. The Balaban J connectivity index is 2.60. The number of hydrogen-bond donors (Lipinski definition) is 1. The average Bonchev–Trinajstić information content (AvgIpc) is 2.06. The predicted molar refractivity (Wildman–Crippen MR) is 57.7 cm³/mol. The van der Waals surface area contributed by atoms with Gasteiger partial charge >= 0.3 is 0 Å². The standard InChI is InChI=1S/C10H9BrN2/c1-6-4-7-2-3-8(11)5-9(7)10(12)13-6/h2-3,5H,1,4H2,(H2,12,13). The van der Waals surface area contributed by atoms with Gasteiger partial charge in [-0.05, 0) is 17.7 Å².